The third kappa shape index (κ3) is 4.94. The zero-order valence-corrected chi connectivity index (χ0v) is 14.2. The Hall–Kier alpha value is -2.63. The van der Waals surface area contributed by atoms with E-state index in [1.807, 2.05) is 31.5 Å². The van der Waals surface area contributed by atoms with Gasteiger partial charge in [-0.1, -0.05) is 20.8 Å². The van der Waals surface area contributed by atoms with Crippen molar-refractivity contribution in [2.75, 3.05) is 0 Å². The van der Waals surface area contributed by atoms with Crippen molar-refractivity contribution < 1.29 is 14.7 Å². The van der Waals surface area contributed by atoms with E-state index in [9.17, 15) is 14.7 Å². The van der Waals surface area contributed by atoms with Crippen molar-refractivity contribution in [3.8, 4) is 5.69 Å². The molecule has 1 heterocycles. The van der Waals surface area contributed by atoms with Gasteiger partial charge in [-0.2, -0.15) is 0 Å². The highest BCUT2D eigenvalue weighted by atomic mass is 16.4. The maximum absolute atomic E-state index is 12.3. The molecule has 0 spiro atoms. The van der Waals surface area contributed by atoms with Gasteiger partial charge in [0, 0.05) is 23.6 Å². The van der Waals surface area contributed by atoms with E-state index >= 15 is 0 Å². The standard InChI is InChI=1S/C18H23N3O3/c1-18(2,3)9-8-15(17(23)24)20-16(22)13-4-6-14(7-5-13)21-11-10-19-12-21/h4-7,10-12,15H,8-9H2,1-3H3,(H,20,22)(H,23,24). The summed E-state index contributed by atoms with van der Waals surface area (Å²) in [6.45, 7) is 6.13. The quantitative estimate of drug-likeness (QED) is 0.853. The summed E-state index contributed by atoms with van der Waals surface area (Å²) in [4.78, 5) is 27.6. The number of nitrogens with zero attached hydrogens (tertiary/aromatic N) is 2. The molecule has 0 aliphatic heterocycles. The average Bonchev–Trinajstić information content (AvgIpc) is 3.04. The summed E-state index contributed by atoms with van der Waals surface area (Å²) in [5.74, 6) is -1.39. The Labute approximate surface area is 141 Å². The lowest BCUT2D eigenvalue weighted by molar-refractivity contribution is -0.139. The molecule has 0 fully saturated rings. The lowest BCUT2D eigenvalue weighted by atomic mass is 9.88. The van der Waals surface area contributed by atoms with Gasteiger partial charge in [0.05, 0.1) is 6.33 Å². The summed E-state index contributed by atoms with van der Waals surface area (Å²) < 4.78 is 1.82. The molecule has 0 bridgehead atoms. The van der Waals surface area contributed by atoms with E-state index in [0.29, 0.717) is 18.4 Å². The monoisotopic (exact) mass is 329 g/mol. The molecule has 6 heteroatoms. The molecule has 128 valence electrons. The smallest absolute Gasteiger partial charge is 0.326 e. The Morgan fingerprint density at radius 2 is 1.92 bits per heavy atom. The van der Waals surface area contributed by atoms with Crippen LogP contribution in [0.3, 0.4) is 0 Å². The number of amides is 1. The molecule has 2 aromatic rings. The number of rotatable bonds is 6. The number of benzene rings is 1. The molecule has 0 radical (unpaired) electrons. The molecular formula is C18H23N3O3. The van der Waals surface area contributed by atoms with Crippen LogP contribution in [-0.2, 0) is 4.79 Å². The lowest BCUT2D eigenvalue weighted by Crippen LogP contribution is -2.41. The van der Waals surface area contributed by atoms with Crippen LogP contribution in [0, 0.1) is 5.41 Å². The van der Waals surface area contributed by atoms with Crippen molar-refractivity contribution in [1.82, 2.24) is 14.9 Å². The minimum absolute atomic E-state index is 0.0187. The fourth-order valence-corrected chi connectivity index (χ4v) is 2.27. The van der Waals surface area contributed by atoms with Gasteiger partial charge >= 0.3 is 5.97 Å². The normalized spacial score (nSPS) is 12.6. The summed E-state index contributed by atoms with van der Waals surface area (Å²) >= 11 is 0. The molecule has 0 aliphatic carbocycles. The van der Waals surface area contributed by atoms with Crippen LogP contribution < -0.4 is 5.32 Å². The molecule has 2 N–H and O–H groups in total. The molecule has 24 heavy (non-hydrogen) atoms. The van der Waals surface area contributed by atoms with E-state index in [1.54, 1.807) is 36.8 Å². The predicted octanol–water partition coefficient (Wildman–Crippen LogP) is 2.88. The largest absolute Gasteiger partial charge is 0.480 e. The van der Waals surface area contributed by atoms with Gasteiger partial charge in [-0.05, 0) is 42.5 Å². The van der Waals surface area contributed by atoms with Crippen LogP contribution in [0.5, 0.6) is 0 Å². The number of carboxylic acid groups (broad SMARTS) is 1. The third-order valence-corrected chi connectivity index (χ3v) is 3.72. The van der Waals surface area contributed by atoms with E-state index in [0.717, 1.165) is 5.69 Å². The molecule has 0 saturated carbocycles. The molecule has 0 aliphatic rings. The summed E-state index contributed by atoms with van der Waals surface area (Å²) in [5.41, 5.74) is 1.33. The highest BCUT2D eigenvalue weighted by Gasteiger charge is 2.23. The molecular weight excluding hydrogens is 306 g/mol. The Bertz CT molecular complexity index is 685. The third-order valence-electron chi connectivity index (χ3n) is 3.72. The number of nitrogens with one attached hydrogen (secondary N) is 1. The number of hydrogen-bond donors (Lipinski definition) is 2. The van der Waals surface area contributed by atoms with E-state index in [-0.39, 0.29) is 11.3 Å². The van der Waals surface area contributed by atoms with Crippen molar-refractivity contribution in [2.24, 2.45) is 5.41 Å². The van der Waals surface area contributed by atoms with Crippen LogP contribution in [0.15, 0.2) is 43.0 Å². The van der Waals surface area contributed by atoms with Gasteiger partial charge in [-0.25, -0.2) is 9.78 Å². The Balaban J connectivity index is 2.03. The topological polar surface area (TPSA) is 84.2 Å². The van der Waals surface area contributed by atoms with Crippen LogP contribution in [0.25, 0.3) is 5.69 Å². The second-order valence-corrected chi connectivity index (χ2v) is 6.98. The Morgan fingerprint density at radius 1 is 1.25 bits per heavy atom. The summed E-state index contributed by atoms with van der Waals surface area (Å²) in [5, 5.41) is 11.9. The summed E-state index contributed by atoms with van der Waals surface area (Å²) in [7, 11) is 0. The minimum Gasteiger partial charge on any atom is -0.480 e. The fourth-order valence-electron chi connectivity index (χ4n) is 2.27. The SMILES string of the molecule is CC(C)(C)CCC(NC(=O)c1ccc(-n2ccnc2)cc1)C(=O)O. The molecule has 1 amide bonds. The van der Waals surface area contributed by atoms with Crippen LogP contribution in [-0.4, -0.2) is 32.6 Å². The number of aliphatic carboxylic acids is 1. The lowest BCUT2D eigenvalue weighted by Gasteiger charge is -2.21. The predicted molar refractivity (Wildman–Crippen MR) is 91.1 cm³/mol. The second-order valence-electron chi connectivity index (χ2n) is 6.98. The van der Waals surface area contributed by atoms with Crippen LogP contribution in [0.4, 0.5) is 0 Å². The van der Waals surface area contributed by atoms with E-state index in [4.69, 9.17) is 0 Å². The molecule has 1 unspecified atom stereocenters. The number of hydrogen-bond acceptors (Lipinski definition) is 3. The summed E-state index contributed by atoms with van der Waals surface area (Å²) in [6.07, 6.45) is 6.26. The van der Waals surface area contributed by atoms with Crippen LogP contribution >= 0.6 is 0 Å². The molecule has 0 saturated heterocycles. The maximum Gasteiger partial charge on any atom is 0.326 e. The first-order valence-corrected chi connectivity index (χ1v) is 7.88. The van der Waals surface area contributed by atoms with E-state index < -0.39 is 12.0 Å². The Kier molecular flexibility index (Phi) is 5.39. The average molecular weight is 329 g/mol. The van der Waals surface area contributed by atoms with E-state index in [2.05, 4.69) is 10.3 Å². The fraction of sp³-hybridized carbons (Fsp3) is 0.389. The van der Waals surface area contributed by atoms with Crippen molar-refractivity contribution >= 4 is 11.9 Å². The van der Waals surface area contributed by atoms with Crippen LogP contribution in [0.2, 0.25) is 0 Å². The van der Waals surface area contributed by atoms with Gasteiger partial charge in [-0.3, -0.25) is 4.79 Å². The number of carbonyl (C=O) groups excluding carboxylic acids is 1. The number of carboxylic acids is 1. The molecule has 1 aromatic carbocycles. The first kappa shape index (κ1) is 17.7. The summed E-state index contributed by atoms with van der Waals surface area (Å²) in [6, 6.07) is 6.05. The number of aromatic nitrogens is 2. The van der Waals surface area contributed by atoms with Crippen molar-refractivity contribution in [1.29, 1.82) is 0 Å². The highest BCUT2D eigenvalue weighted by Crippen LogP contribution is 2.21. The molecule has 6 nitrogen and oxygen atoms in total. The van der Waals surface area contributed by atoms with Gasteiger partial charge in [0.2, 0.25) is 0 Å². The zero-order chi connectivity index (χ0) is 17.7. The van der Waals surface area contributed by atoms with Crippen molar-refractivity contribution in [2.45, 2.75) is 39.7 Å². The molecule has 1 atom stereocenters. The van der Waals surface area contributed by atoms with Gasteiger partial charge in [-0.15, -0.1) is 0 Å². The number of imidazole rings is 1. The minimum atomic E-state index is -1.01. The Morgan fingerprint density at radius 3 is 2.42 bits per heavy atom. The van der Waals surface area contributed by atoms with Crippen LogP contribution in [0.1, 0.15) is 44.0 Å². The van der Waals surface area contributed by atoms with Gasteiger partial charge < -0.3 is 15.0 Å². The second kappa shape index (κ2) is 7.29. The first-order chi connectivity index (χ1) is 11.3. The van der Waals surface area contributed by atoms with Gasteiger partial charge in [0.15, 0.2) is 0 Å². The number of carbonyl (C=O) groups is 2. The zero-order valence-electron chi connectivity index (χ0n) is 14.2. The van der Waals surface area contributed by atoms with Crippen molar-refractivity contribution in [3.05, 3.63) is 48.5 Å². The molecule has 2 rings (SSSR count). The van der Waals surface area contributed by atoms with Crippen molar-refractivity contribution in [3.63, 3.8) is 0 Å². The maximum atomic E-state index is 12.3. The van der Waals surface area contributed by atoms with E-state index in [1.165, 1.54) is 0 Å². The van der Waals surface area contributed by atoms with Gasteiger partial charge in [0.25, 0.3) is 5.91 Å². The van der Waals surface area contributed by atoms with Gasteiger partial charge in [0.1, 0.15) is 6.04 Å². The first-order valence-electron chi connectivity index (χ1n) is 7.88. The molecule has 1 aromatic heterocycles. The highest BCUT2D eigenvalue weighted by molar-refractivity contribution is 5.96.